The normalized spacial score (nSPS) is 15.1. The number of nitrogens with zero attached hydrogens (tertiary/aromatic N) is 1. The van der Waals surface area contributed by atoms with Gasteiger partial charge in [0.2, 0.25) is 0 Å². The van der Waals surface area contributed by atoms with E-state index in [1.165, 1.54) is 23.3 Å². The summed E-state index contributed by atoms with van der Waals surface area (Å²) >= 11 is 0. The van der Waals surface area contributed by atoms with E-state index in [2.05, 4.69) is 28.4 Å². The Hall–Kier alpha value is -2.92. The standard InChI is InChI=1S/C22H21FN2O2/c23-19-9-4-3-8-18(19)22(26)24-14-20(21-10-5-13-27-21)25-12-11-16-6-1-2-7-17(16)15-25/h1-10,13,20H,11-12,14-15H2,(H,24,26). The molecule has 0 saturated heterocycles. The van der Waals surface area contributed by atoms with Crippen LogP contribution < -0.4 is 5.32 Å². The molecule has 3 aromatic rings. The molecule has 4 nitrogen and oxygen atoms in total. The zero-order chi connectivity index (χ0) is 18.6. The molecule has 1 aliphatic rings. The maximum Gasteiger partial charge on any atom is 0.254 e. The van der Waals surface area contributed by atoms with E-state index in [4.69, 9.17) is 4.42 Å². The number of amides is 1. The summed E-state index contributed by atoms with van der Waals surface area (Å²) in [7, 11) is 0. The Morgan fingerprint density at radius 2 is 1.85 bits per heavy atom. The quantitative estimate of drug-likeness (QED) is 0.746. The fourth-order valence-electron chi connectivity index (χ4n) is 3.60. The van der Waals surface area contributed by atoms with E-state index in [-0.39, 0.29) is 11.6 Å². The van der Waals surface area contributed by atoms with Crippen molar-refractivity contribution in [2.75, 3.05) is 13.1 Å². The molecule has 0 aliphatic carbocycles. The number of carbonyl (C=O) groups is 1. The first-order chi connectivity index (χ1) is 13.2. The summed E-state index contributed by atoms with van der Waals surface area (Å²) in [6, 6.07) is 18.1. The van der Waals surface area contributed by atoms with Crippen molar-refractivity contribution in [1.82, 2.24) is 10.2 Å². The predicted octanol–water partition coefficient (Wildman–Crippen LogP) is 3.95. The third kappa shape index (κ3) is 3.78. The smallest absolute Gasteiger partial charge is 0.254 e. The maximum absolute atomic E-state index is 13.9. The number of furan rings is 1. The average molecular weight is 364 g/mol. The minimum atomic E-state index is -0.517. The van der Waals surface area contributed by atoms with Gasteiger partial charge in [0.15, 0.2) is 0 Å². The Bertz CT molecular complexity index is 924. The lowest BCUT2D eigenvalue weighted by atomic mass is 9.98. The van der Waals surface area contributed by atoms with Crippen molar-refractivity contribution in [3.8, 4) is 0 Å². The van der Waals surface area contributed by atoms with Gasteiger partial charge in [-0.05, 0) is 41.8 Å². The van der Waals surface area contributed by atoms with E-state index >= 15 is 0 Å². The first kappa shape index (κ1) is 17.5. The van der Waals surface area contributed by atoms with Gasteiger partial charge in [-0.25, -0.2) is 4.39 Å². The highest BCUT2D eigenvalue weighted by molar-refractivity contribution is 5.94. The van der Waals surface area contributed by atoms with E-state index in [9.17, 15) is 9.18 Å². The van der Waals surface area contributed by atoms with Crippen molar-refractivity contribution in [3.05, 3.63) is 95.2 Å². The monoisotopic (exact) mass is 364 g/mol. The number of carbonyl (C=O) groups excluding carboxylic acids is 1. The van der Waals surface area contributed by atoms with Gasteiger partial charge in [0.1, 0.15) is 11.6 Å². The van der Waals surface area contributed by atoms with Crippen molar-refractivity contribution in [3.63, 3.8) is 0 Å². The van der Waals surface area contributed by atoms with Crippen molar-refractivity contribution >= 4 is 5.91 Å². The molecule has 1 aliphatic heterocycles. The lowest BCUT2D eigenvalue weighted by Crippen LogP contribution is -2.40. The Morgan fingerprint density at radius 1 is 1.07 bits per heavy atom. The van der Waals surface area contributed by atoms with Crippen LogP contribution in [0, 0.1) is 5.82 Å². The summed E-state index contributed by atoms with van der Waals surface area (Å²) < 4.78 is 19.5. The van der Waals surface area contributed by atoms with Crippen molar-refractivity contribution < 1.29 is 13.6 Å². The second kappa shape index (κ2) is 7.76. The van der Waals surface area contributed by atoms with Gasteiger partial charge in [-0.2, -0.15) is 0 Å². The van der Waals surface area contributed by atoms with E-state index in [1.54, 1.807) is 18.4 Å². The zero-order valence-corrected chi connectivity index (χ0v) is 14.9. The molecular formula is C22H21FN2O2. The highest BCUT2D eigenvalue weighted by atomic mass is 19.1. The van der Waals surface area contributed by atoms with Crippen LogP contribution in [0.15, 0.2) is 71.3 Å². The second-order valence-corrected chi connectivity index (χ2v) is 6.71. The van der Waals surface area contributed by atoms with Crippen LogP contribution in [0.5, 0.6) is 0 Å². The van der Waals surface area contributed by atoms with Crippen LogP contribution in [-0.4, -0.2) is 23.9 Å². The van der Waals surface area contributed by atoms with Crippen molar-refractivity contribution in [2.24, 2.45) is 0 Å². The summed E-state index contributed by atoms with van der Waals surface area (Å²) in [6.07, 6.45) is 2.59. The van der Waals surface area contributed by atoms with Gasteiger partial charge in [0, 0.05) is 19.6 Å². The van der Waals surface area contributed by atoms with E-state index in [1.807, 2.05) is 18.2 Å². The number of nitrogens with one attached hydrogen (secondary N) is 1. The molecule has 2 heterocycles. The van der Waals surface area contributed by atoms with Gasteiger partial charge >= 0.3 is 0 Å². The topological polar surface area (TPSA) is 45.5 Å². The van der Waals surface area contributed by atoms with E-state index in [0.717, 1.165) is 25.3 Å². The minimum Gasteiger partial charge on any atom is -0.468 e. The third-order valence-corrected chi connectivity index (χ3v) is 5.05. The predicted molar refractivity (Wildman–Crippen MR) is 101 cm³/mol. The molecule has 2 aromatic carbocycles. The van der Waals surface area contributed by atoms with Gasteiger partial charge in [-0.1, -0.05) is 36.4 Å². The number of hydrogen-bond donors (Lipinski definition) is 1. The Balaban J connectivity index is 1.51. The summed E-state index contributed by atoms with van der Waals surface area (Å²) in [6.45, 7) is 2.01. The molecule has 0 fully saturated rings. The molecule has 0 bridgehead atoms. The minimum absolute atomic E-state index is 0.0553. The summed E-state index contributed by atoms with van der Waals surface area (Å²) in [5.41, 5.74) is 2.71. The van der Waals surface area contributed by atoms with Gasteiger partial charge in [0.05, 0.1) is 17.9 Å². The SMILES string of the molecule is O=C(NCC(c1ccco1)N1CCc2ccccc2C1)c1ccccc1F. The third-order valence-electron chi connectivity index (χ3n) is 5.05. The number of fused-ring (bicyclic) bond motifs is 1. The Kier molecular flexibility index (Phi) is 5.03. The molecule has 1 amide bonds. The van der Waals surface area contributed by atoms with Crippen LogP contribution in [0.25, 0.3) is 0 Å². The molecule has 1 atom stereocenters. The molecule has 1 unspecified atom stereocenters. The first-order valence-corrected chi connectivity index (χ1v) is 9.09. The number of halogens is 1. The highest BCUT2D eigenvalue weighted by Gasteiger charge is 2.27. The van der Waals surface area contributed by atoms with Crippen LogP contribution in [0.1, 0.15) is 33.3 Å². The highest BCUT2D eigenvalue weighted by Crippen LogP contribution is 2.28. The Morgan fingerprint density at radius 3 is 2.63 bits per heavy atom. The maximum atomic E-state index is 13.9. The van der Waals surface area contributed by atoms with Gasteiger partial charge in [-0.15, -0.1) is 0 Å². The molecule has 0 radical (unpaired) electrons. The lowest BCUT2D eigenvalue weighted by molar-refractivity contribution is 0.0915. The van der Waals surface area contributed by atoms with Crippen LogP contribution in [0.2, 0.25) is 0 Å². The molecule has 0 saturated carbocycles. The van der Waals surface area contributed by atoms with Crippen LogP contribution in [0.3, 0.4) is 0 Å². The molecular weight excluding hydrogens is 343 g/mol. The Labute approximate surface area is 157 Å². The fraction of sp³-hybridized carbons (Fsp3) is 0.227. The van der Waals surface area contributed by atoms with Gasteiger partial charge in [0.25, 0.3) is 5.91 Å². The van der Waals surface area contributed by atoms with E-state index in [0.29, 0.717) is 6.54 Å². The first-order valence-electron chi connectivity index (χ1n) is 9.09. The van der Waals surface area contributed by atoms with Gasteiger partial charge in [-0.3, -0.25) is 9.69 Å². The van der Waals surface area contributed by atoms with Crippen LogP contribution >= 0.6 is 0 Å². The van der Waals surface area contributed by atoms with Crippen LogP contribution in [0.4, 0.5) is 4.39 Å². The lowest BCUT2D eigenvalue weighted by Gasteiger charge is -2.34. The molecule has 138 valence electrons. The molecule has 27 heavy (non-hydrogen) atoms. The molecule has 1 aromatic heterocycles. The largest absolute Gasteiger partial charge is 0.468 e. The average Bonchev–Trinajstić information content (AvgIpc) is 3.23. The number of rotatable bonds is 5. The summed E-state index contributed by atoms with van der Waals surface area (Å²) in [5.74, 6) is -0.137. The van der Waals surface area contributed by atoms with Gasteiger partial charge < -0.3 is 9.73 Å². The summed E-state index contributed by atoms with van der Waals surface area (Å²) in [4.78, 5) is 14.7. The summed E-state index contributed by atoms with van der Waals surface area (Å²) in [5, 5.41) is 2.87. The molecule has 1 N–H and O–H groups in total. The second-order valence-electron chi connectivity index (χ2n) is 6.71. The van der Waals surface area contributed by atoms with Crippen molar-refractivity contribution in [1.29, 1.82) is 0 Å². The molecule has 0 spiro atoms. The molecule has 4 rings (SSSR count). The van der Waals surface area contributed by atoms with Crippen LogP contribution in [-0.2, 0) is 13.0 Å². The zero-order valence-electron chi connectivity index (χ0n) is 14.9. The number of benzene rings is 2. The van der Waals surface area contributed by atoms with Crippen molar-refractivity contribution in [2.45, 2.75) is 19.0 Å². The number of hydrogen-bond acceptors (Lipinski definition) is 3. The molecule has 5 heteroatoms. The van der Waals surface area contributed by atoms with E-state index < -0.39 is 11.7 Å². The fourth-order valence-corrected chi connectivity index (χ4v) is 3.60.